The second-order valence-electron chi connectivity index (χ2n) is 4.32. The topological polar surface area (TPSA) is 28.4 Å². The summed E-state index contributed by atoms with van der Waals surface area (Å²) in [5.74, 6) is 1.06. The summed E-state index contributed by atoms with van der Waals surface area (Å²) in [6.45, 7) is 9.67. The van der Waals surface area contributed by atoms with E-state index in [2.05, 4.69) is 36.8 Å². The molecule has 17 heavy (non-hydrogen) atoms. The van der Waals surface area contributed by atoms with E-state index in [0.717, 1.165) is 38.4 Å². The molecule has 0 radical (unpaired) electrons. The van der Waals surface area contributed by atoms with Crippen LogP contribution in [-0.4, -0.2) is 25.0 Å². The molecule has 1 heterocycles. The van der Waals surface area contributed by atoms with Gasteiger partial charge in [0.2, 0.25) is 0 Å². The molecule has 0 aliphatic carbocycles. The molecule has 0 unspecified atom stereocenters. The van der Waals surface area contributed by atoms with Crippen molar-refractivity contribution in [3.63, 3.8) is 0 Å². The molecular weight excluding hydrogens is 212 g/mol. The van der Waals surface area contributed by atoms with E-state index >= 15 is 0 Å². The lowest BCUT2D eigenvalue weighted by atomic mass is 10.2. The zero-order chi connectivity index (χ0) is 12.5. The lowest BCUT2D eigenvalue weighted by molar-refractivity contribution is 0.319. The Kier molecular flexibility index (Phi) is 6.67. The summed E-state index contributed by atoms with van der Waals surface area (Å²) in [6.07, 6.45) is 6.00. The third-order valence-electron chi connectivity index (χ3n) is 2.76. The number of allylic oxidation sites excluding steroid dienone is 1. The van der Waals surface area contributed by atoms with Gasteiger partial charge in [0.1, 0.15) is 5.76 Å². The Morgan fingerprint density at radius 3 is 3.06 bits per heavy atom. The van der Waals surface area contributed by atoms with Gasteiger partial charge in [0, 0.05) is 12.1 Å². The third-order valence-corrected chi connectivity index (χ3v) is 2.76. The molecule has 3 nitrogen and oxygen atoms in total. The minimum Gasteiger partial charge on any atom is -0.468 e. The average molecular weight is 236 g/mol. The van der Waals surface area contributed by atoms with E-state index < -0.39 is 0 Å². The Bertz CT molecular complexity index is 320. The first-order chi connectivity index (χ1) is 8.27. The number of nitrogens with one attached hydrogen (secondary N) is 1. The third kappa shape index (κ3) is 5.20. The maximum absolute atomic E-state index is 5.49. The van der Waals surface area contributed by atoms with Crippen LogP contribution in [0.25, 0.3) is 0 Å². The zero-order valence-electron chi connectivity index (χ0n) is 11.0. The van der Waals surface area contributed by atoms with Crippen molar-refractivity contribution in [3.05, 3.63) is 36.3 Å². The molecule has 1 N–H and O–H groups in total. The van der Waals surface area contributed by atoms with Crippen molar-refractivity contribution in [1.82, 2.24) is 10.2 Å². The van der Waals surface area contributed by atoms with Gasteiger partial charge in [0.25, 0.3) is 0 Å². The standard InChI is InChI=1S/C14H24N2O/c1-4-6-7-9-16(3)12-13-8-10-17-14(13)11-15-5-2/h4,8,10,15H,1,5-7,9,11-12H2,2-3H3. The second kappa shape index (κ2) is 8.09. The predicted octanol–water partition coefficient (Wildman–Crippen LogP) is 2.79. The SMILES string of the molecule is C=CCCCN(C)Cc1ccoc1CNCC. The van der Waals surface area contributed by atoms with Gasteiger partial charge in [0.05, 0.1) is 12.8 Å². The minimum absolute atomic E-state index is 0.819. The van der Waals surface area contributed by atoms with Gasteiger partial charge in [-0.25, -0.2) is 0 Å². The first-order valence-electron chi connectivity index (χ1n) is 6.33. The van der Waals surface area contributed by atoms with Crippen LogP contribution in [0.3, 0.4) is 0 Å². The number of hydrogen-bond donors (Lipinski definition) is 1. The smallest absolute Gasteiger partial charge is 0.122 e. The normalized spacial score (nSPS) is 11.0. The van der Waals surface area contributed by atoms with Crippen molar-refractivity contribution in [1.29, 1.82) is 0 Å². The molecular formula is C14H24N2O. The van der Waals surface area contributed by atoms with E-state index in [9.17, 15) is 0 Å². The van der Waals surface area contributed by atoms with Crippen LogP contribution in [0.4, 0.5) is 0 Å². The first-order valence-corrected chi connectivity index (χ1v) is 6.33. The van der Waals surface area contributed by atoms with Crippen molar-refractivity contribution in [2.24, 2.45) is 0 Å². The number of hydrogen-bond acceptors (Lipinski definition) is 3. The van der Waals surface area contributed by atoms with Crippen molar-refractivity contribution in [3.8, 4) is 0 Å². The Balaban J connectivity index is 2.38. The summed E-state index contributed by atoms with van der Waals surface area (Å²) in [4.78, 5) is 2.32. The number of furan rings is 1. The van der Waals surface area contributed by atoms with E-state index in [1.807, 2.05) is 6.08 Å². The van der Waals surface area contributed by atoms with Gasteiger partial charge in [0.15, 0.2) is 0 Å². The fourth-order valence-electron chi connectivity index (χ4n) is 1.78. The Morgan fingerprint density at radius 2 is 2.35 bits per heavy atom. The first kappa shape index (κ1) is 14.0. The van der Waals surface area contributed by atoms with Crippen LogP contribution in [-0.2, 0) is 13.1 Å². The maximum Gasteiger partial charge on any atom is 0.122 e. The van der Waals surface area contributed by atoms with Gasteiger partial charge < -0.3 is 14.6 Å². The molecule has 1 aromatic heterocycles. The number of unbranched alkanes of at least 4 members (excludes halogenated alkanes) is 1. The Morgan fingerprint density at radius 1 is 1.53 bits per heavy atom. The Hall–Kier alpha value is -1.06. The molecule has 3 heteroatoms. The van der Waals surface area contributed by atoms with Crippen LogP contribution in [0.2, 0.25) is 0 Å². The fourth-order valence-corrected chi connectivity index (χ4v) is 1.78. The summed E-state index contributed by atoms with van der Waals surface area (Å²) in [6, 6.07) is 2.07. The van der Waals surface area contributed by atoms with Crippen molar-refractivity contribution in [2.75, 3.05) is 20.1 Å². The fraction of sp³-hybridized carbons (Fsp3) is 0.571. The highest BCUT2D eigenvalue weighted by molar-refractivity contribution is 5.16. The summed E-state index contributed by atoms with van der Waals surface area (Å²) in [5.41, 5.74) is 1.28. The molecule has 1 rings (SSSR count). The monoisotopic (exact) mass is 236 g/mol. The highest BCUT2D eigenvalue weighted by Crippen LogP contribution is 2.12. The molecule has 0 bridgehead atoms. The molecule has 0 fully saturated rings. The van der Waals surface area contributed by atoms with E-state index in [-0.39, 0.29) is 0 Å². The van der Waals surface area contributed by atoms with Gasteiger partial charge in [-0.2, -0.15) is 0 Å². The molecule has 0 atom stereocenters. The molecule has 0 aliphatic heterocycles. The highest BCUT2D eigenvalue weighted by Gasteiger charge is 2.08. The number of nitrogens with zero attached hydrogens (tertiary/aromatic N) is 1. The molecule has 0 aromatic carbocycles. The lowest BCUT2D eigenvalue weighted by Gasteiger charge is -2.16. The summed E-state index contributed by atoms with van der Waals surface area (Å²) in [7, 11) is 2.15. The van der Waals surface area contributed by atoms with E-state index in [1.54, 1.807) is 6.26 Å². The van der Waals surface area contributed by atoms with Crippen molar-refractivity contribution >= 4 is 0 Å². The zero-order valence-corrected chi connectivity index (χ0v) is 11.0. The highest BCUT2D eigenvalue weighted by atomic mass is 16.3. The Labute approximate surface area is 104 Å². The summed E-state index contributed by atoms with van der Waals surface area (Å²) in [5, 5.41) is 3.29. The van der Waals surface area contributed by atoms with Crippen LogP contribution in [0.1, 0.15) is 31.1 Å². The lowest BCUT2D eigenvalue weighted by Crippen LogP contribution is -2.20. The second-order valence-corrected chi connectivity index (χ2v) is 4.32. The van der Waals surface area contributed by atoms with Gasteiger partial charge >= 0.3 is 0 Å². The van der Waals surface area contributed by atoms with Crippen LogP contribution >= 0.6 is 0 Å². The van der Waals surface area contributed by atoms with Gasteiger partial charge in [-0.1, -0.05) is 13.0 Å². The van der Waals surface area contributed by atoms with E-state index in [4.69, 9.17) is 4.42 Å². The average Bonchev–Trinajstić information content (AvgIpc) is 2.74. The molecule has 96 valence electrons. The summed E-state index contributed by atoms with van der Waals surface area (Å²) >= 11 is 0. The van der Waals surface area contributed by atoms with Crippen LogP contribution < -0.4 is 5.32 Å². The van der Waals surface area contributed by atoms with Crippen molar-refractivity contribution < 1.29 is 4.42 Å². The largest absolute Gasteiger partial charge is 0.468 e. The van der Waals surface area contributed by atoms with Crippen LogP contribution in [0.15, 0.2) is 29.4 Å². The molecule has 1 aromatic rings. The number of rotatable bonds is 9. The molecule has 0 aliphatic rings. The minimum atomic E-state index is 0.819. The predicted molar refractivity (Wildman–Crippen MR) is 71.9 cm³/mol. The molecule has 0 saturated heterocycles. The molecule has 0 saturated carbocycles. The summed E-state index contributed by atoms with van der Waals surface area (Å²) < 4.78 is 5.49. The van der Waals surface area contributed by atoms with Crippen LogP contribution in [0, 0.1) is 0 Å². The molecule has 0 amide bonds. The van der Waals surface area contributed by atoms with Crippen molar-refractivity contribution in [2.45, 2.75) is 32.9 Å². The van der Waals surface area contributed by atoms with Gasteiger partial charge in [-0.15, -0.1) is 6.58 Å². The molecule has 0 spiro atoms. The van der Waals surface area contributed by atoms with Gasteiger partial charge in [-0.05, 0) is 39.0 Å². The van der Waals surface area contributed by atoms with E-state index in [1.165, 1.54) is 12.0 Å². The quantitative estimate of drug-likeness (QED) is 0.528. The maximum atomic E-state index is 5.49. The van der Waals surface area contributed by atoms with Crippen LogP contribution in [0.5, 0.6) is 0 Å². The van der Waals surface area contributed by atoms with E-state index in [0.29, 0.717) is 0 Å². The van der Waals surface area contributed by atoms with Gasteiger partial charge in [-0.3, -0.25) is 0 Å².